The molecule has 2 N–H and O–H groups in total. The minimum absolute atomic E-state index is 0.263. The van der Waals surface area contributed by atoms with Gasteiger partial charge in [0.05, 0.1) is 0 Å². The molecular weight excluding hydrogens is 232 g/mol. The average Bonchev–Trinajstić information content (AvgIpc) is 3.07. The molecule has 0 aliphatic heterocycles. The molecule has 0 spiro atoms. The maximum absolute atomic E-state index is 6.07. The van der Waals surface area contributed by atoms with Crippen molar-refractivity contribution in [2.75, 3.05) is 13.6 Å². The summed E-state index contributed by atoms with van der Waals surface area (Å²) in [5.41, 5.74) is 10.9. The summed E-state index contributed by atoms with van der Waals surface area (Å²) >= 11 is 0. The second-order valence-corrected chi connectivity index (χ2v) is 6.45. The second-order valence-electron chi connectivity index (χ2n) is 6.45. The summed E-state index contributed by atoms with van der Waals surface area (Å²) in [6.07, 6.45) is 9.10. The minimum atomic E-state index is 0.263. The van der Waals surface area contributed by atoms with Crippen LogP contribution in [-0.2, 0) is 19.4 Å². The van der Waals surface area contributed by atoms with E-state index in [4.69, 9.17) is 5.73 Å². The molecule has 0 bridgehead atoms. The topological polar surface area (TPSA) is 29.3 Å². The van der Waals surface area contributed by atoms with Crippen LogP contribution in [0.3, 0.4) is 0 Å². The SMILES string of the molecule is CN(Cc1ccc2c(c1)CCC2)C1(CN)CCCC1. The van der Waals surface area contributed by atoms with Crippen LogP contribution in [0.5, 0.6) is 0 Å². The van der Waals surface area contributed by atoms with Gasteiger partial charge in [0.25, 0.3) is 0 Å². The molecule has 2 nitrogen and oxygen atoms in total. The smallest absolute Gasteiger partial charge is 0.0332 e. The van der Waals surface area contributed by atoms with Crippen molar-refractivity contribution in [3.05, 3.63) is 34.9 Å². The zero-order chi connectivity index (χ0) is 13.3. The van der Waals surface area contributed by atoms with Gasteiger partial charge in [-0.3, -0.25) is 4.90 Å². The molecule has 2 aliphatic rings. The van der Waals surface area contributed by atoms with Crippen LogP contribution in [0.1, 0.15) is 48.8 Å². The Hall–Kier alpha value is -0.860. The number of nitrogens with zero attached hydrogens (tertiary/aromatic N) is 1. The van der Waals surface area contributed by atoms with Gasteiger partial charge in [-0.15, -0.1) is 0 Å². The number of rotatable bonds is 4. The molecule has 0 radical (unpaired) electrons. The number of fused-ring (bicyclic) bond motifs is 1. The lowest BCUT2D eigenvalue weighted by molar-refractivity contribution is 0.124. The van der Waals surface area contributed by atoms with E-state index in [1.54, 1.807) is 11.1 Å². The summed E-state index contributed by atoms with van der Waals surface area (Å²) in [5.74, 6) is 0. The highest BCUT2D eigenvalue weighted by Crippen LogP contribution is 2.34. The molecular formula is C17H26N2. The number of benzene rings is 1. The largest absolute Gasteiger partial charge is 0.329 e. The molecule has 2 heteroatoms. The Morgan fingerprint density at radius 3 is 2.58 bits per heavy atom. The van der Waals surface area contributed by atoms with Crippen molar-refractivity contribution in [3.8, 4) is 0 Å². The third-order valence-electron chi connectivity index (χ3n) is 5.31. The van der Waals surface area contributed by atoms with Crippen LogP contribution >= 0.6 is 0 Å². The van der Waals surface area contributed by atoms with Crippen molar-refractivity contribution in [2.24, 2.45) is 5.73 Å². The van der Waals surface area contributed by atoms with Gasteiger partial charge < -0.3 is 5.73 Å². The highest BCUT2D eigenvalue weighted by Gasteiger charge is 2.36. The van der Waals surface area contributed by atoms with E-state index in [2.05, 4.69) is 30.1 Å². The lowest BCUT2D eigenvalue weighted by atomic mass is 9.95. The van der Waals surface area contributed by atoms with E-state index < -0.39 is 0 Å². The predicted octanol–water partition coefficient (Wildman–Crippen LogP) is 2.88. The Morgan fingerprint density at radius 2 is 1.84 bits per heavy atom. The summed E-state index contributed by atoms with van der Waals surface area (Å²) in [6, 6.07) is 7.09. The fourth-order valence-corrected chi connectivity index (χ4v) is 3.94. The van der Waals surface area contributed by atoms with E-state index in [0.717, 1.165) is 13.1 Å². The predicted molar refractivity (Wildman–Crippen MR) is 80.2 cm³/mol. The molecule has 0 atom stereocenters. The molecule has 0 aromatic heterocycles. The number of aryl methyl sites for hydroxylation is 2. The molecule has 104 valence electrons. The fraction of sp³-hybridized carbons (Fsp3) is 0.647. The lowest BCUT2D eigenvalue weighted by Gasteiger charge is -2.38. The summed E-state index contributed by atoms with van der Waals surface area (Å²) in [5, 5.41) is 0. The Labute approximate surface area is 117 Å². The van der Waals surface area contributed by atoms with Gasteiger partial charge in [-0.2, -0.15) is 0 Å². The number of hydrogen-bond acceptors (Lipinski definition) is 2. The second kappa shape index (κ2) is 5.26. The van der Waals surface area contributed by atoms with Crippen LogP contribution in [-0.4, -0.2) is 24.0 Å². The van der Waals surface area contributed by atoms with Crippen molar-refractivity contribution in [1.82, 2.24) is 4.90 Å². The zero-order valence-electron chi connectivity index (χ0n) is 12.1. The summed E-state index contributed by atoms with van der Waals surface area (Å²) < 4.78 is 0. The molecule has 0 heterocycles. The van der Waals surface area contributed by atoms with Crippen molar-refractivity contribution in [1.29, 1.82) is 0 Å². The Kier molecular flexibility index (Phi) is 3.64. The highest BCUT2D eigenvalue weighted by atomic mass is 15.2. The van der Waals surface area contributed by atoms with Gasteiger partial charge in [0, 0.05) is 18.6 Å². The van der Waals surface area contributed by atoms with E-state index in [-0.39, 0.29) is 5.54 Å². The minimum Gasteiger partial charge on any atom is -0.329 e. The highest BCUT2D eigenvalue weighted by molar-refractivity contribution is 5.35. The molecule has 0 saturated heterocycles. The maximum Gasteiger partial charge on any atom is 0.0332 e. The standard InChI is InChI=1S/C17H26N2/c1-19(17(13-18)9-2-3-10-17)12-14-7-8-15-5-4-6-16(15)11-14/h7-8,11H,2-6,9-10,12-13,18H2,1H3. The maximum atomic E-state index is 6.07. The summed E-state index contributed by atoms with van der Waals surface area (Å²) in [4.78, 5) is 2.51. The van der Waals surface area contributed by atoms with Crippen molar-refractivity contribution in [2.45, 2.75) is 57.0 Å². The lowest BCUT2D eigenvalue weighted by Crippen LogP contribution is -2.49. The van der Waals surface area contributed by atoms with Gasteiger partial charge in [-0.1, -0.05) is 31.0 Å². The fourth-order valence-electron chi connectivity index (χ4n) is 3.94. The zero-order valence-corrected chi connectivity index (χ0v) is 12.1. The number of hydrogen-bond donors (Lipinski definition) is 1. The van der Waals surface area contributed by atoms with Crippen molar-refractivity contribution < 1.29 is 0 Å². The Morgan fingerprint density at radius 1 is 1.11 bits per heavy atom. The van der Waals surface area contributed by atoms with Gasteiger partial charge in [-0.25, -0.2) is 0 Å². The van der Waals surface area contributed by atoms with Gasteiger partial charge in [0.2, 0.25) is 0 Å². The van der Waals surface area contributed by atoms with E-state index in [1.165, 1.54) is 50.5 Å². The molecule has 3 rings (SSSR count). The molecule has 2 aliphatic carbocycles. The first kappa shape index (κ1) is 13.1. The monoisotopic (exact) mass is 258 g/mol. The van der Waals surface area contributed by atoms with E-state index >= 15 is 0 Å². The van der Waals surface area contributed by atoms with Gasteiger partial charge >= 0.3 is 0 Å². The van der Waals surface area contributed by atoms with Crippen LogP contribution < -0.4 is 5.73 Å². The molecule has 19 heavy (non-hydrogen) atoms. The number of nitrogens with two attached hydrogens (primary N) is 1. The van der Waals surface area contributed by atoms with Crippen LogP contribution in [0.25, 0.3) is 0 Å². The third kappa shape index (κ3) is 2.44. The van der Waals surface area contributed by atoms with E-state index in [0.29, 0.717) is 0 Å². The van der Waals surface area contributed by atoms with Crippen LogP contribution in [0.15, 0.2) is 18.2 Å². The normalized spacial score (nSPS) is 21.0. The summed E-state index contributed by atoms with van der Waals surface area (Å²) in [6.45, 7) is 1.85. The Balaban J connectivity index is 1.74. The van der Waals surface area contributed by atoms with E-state index in [9.17, 15) is 0 Å². The summed E-state index contributed by atoms with van der Waals surface area (Å²) in [7, 11) is 2.26. The molecule has 1 fully saturated rings. The van der Waals surface area contributed by atoms with Crippen LogP contribution in [0, 0.1) is 0 Å². The quantitative estimate of drug-likeness (QED) is 0.900. The molecule has 1 saturated carbocycles. The number of likely N-dealkylation sites (N-methyl/N-ethyl adjacent to an activating group) is 1. The van der Waals surface area contributed by atoms with Gasteiger partial charge in [0.15, 0.2) is 0 Å². The average molecular weight is 258 g/mol. The van der Waals surface area contributed by atoms with Gasteiger partial charge in [0.1, 0.15) is 0 Å². The first-order chi connectivity index (χ1) is 9.23. The molecule has 1 aromatic carbocycles. The van der Waals surface area contributed by atoms with Crippen molar-refractivity contribution >= 4 is 0 Å². The van der Waals surface area contributed by atoms with Gasteiger partial charge in [-0.05, 0) is 55.8 Å². The molecule has 0 amide bonds. The molecule has 1 aromatic rings. The third-order valence-corrected chi connectivity index (χ3v) is 5.31. The first-order valence-electron chi connectivity index (χ1n) is 7.75. The molecule has 0 unspecified atom stereocenters. The Bertz CT molecular complexity index is 447. The van der Waals surface area contributed by atoms with E-state index in [1.807, 2.05) is 0 Å². The van der Waals surface area contributed by atoms with Crippen molar-refractivity contribution in [3.63, 3.8) is 0 Å². The van der Waals surface area contributed by atoms with Crippen LogP contribution in [0.4, 0.5) is 0 Å². The van der Waals surface area contributed by atoms with Crippen LogP contribution in [0.2, 0.25) is 0 Å². The first-order valence-corrected chi connectivity index (χ1v) is 7.75.